The number of halogens is 1. The molecule has 4 heteroatoms. The SMILES string of the molecule is Cc1ccc(C(=O)NCC(O)c2ccccc2Cl)c(C)c1. The lowest BCUT2D eigenvalue weighted by Crippen LogP contribution is -2.29. The number of hydrogen-bond donors (Lipinski definition) is 2. The van der Waals surface area contributed by atoms with Crippen molar-refractivity contribution in [2.75, 3.05) is 6.54 Å². The molecule has 0 bridgehead atoms. The van der Waals surface area contributed by atoms with Crippen LogP contribution >= 0.6 is 11.6 Å². The van der Waals surface area contributed by atoms with Crippen LogP contribution in [0.1, 0.15) is 33.2 Å². The Bertz CT molecular complexity index is 655. The standard InChI is InChI=1S/C17H18ClNO2/c1-11-7-8-13(12(2)9-11)17(21)19-10-16(20)14-5-3-4-6-15(14)18/h3-9,16,20H,10H2,1-2H3,(H,19,21). The Labute approximate surface area is 129 Å². The van der Waals surface area contributed by atoms with Gasteiger partial charge in [0.2, 0.25) is 0 Å². The van der Waals surface area contributed by atoms with Gasteiger partial charge < -0.3 is 10.4 Å². The summed E-state index contributed by atoms with van der Waals surface area (Å²) in [7, 11) is 0. The zero-order valence-corrected chi connectivity index (χ0v) is 12.8. The number of nitrogens with one attached hydrogen (secondary N) is 1. The number of aryl methyl sites for hydroxylation is 2. The molecule has 3 nitrogen and oxygen atoms in total. The summed E-state index contributed by atoms with van der Waals surface area (Å²) in [6.45, 7) is 4.00. The van der Waals surface area contributed by atoms with Crippen LogP contribution in [0.25, 0.3) is 0 Å². The van der Waals surface area contributed by atoms with Crippen LogP contribution in [0.3, 0.4) is 0 Å². The zero-order valence-electron chi connectivity index (χ0n) is 12.1. The minimum Gasteiger partial charge on any atom is -0.387 e. The predicted molar refractivity (Wildman–Crippen MR) is 84.7 cm³/mol. The van der Waals surface area contributed by atoms with Crippen molar-refractivity contribution in [1.29, 1.82) is 0 Å². The Hall–Kier alpha value is -1.84. The molecule has 0 spiro atoms. The van der Waals surface area contributed by atoms with Crippen molar-refractivity contribution in [3.05, 3.63) is 69.7 Å². The Balaban J connectivity index is 2.02. The van der Waals surface area contributed by atoms with Gasteiger partial charge in [-0.3, -0.25) is 4.79 Å². The molecular formula is C17H18ClNO2. The van der Waals surface area contributed by atoms with Gasteiger partial charge in [0, 0.05) is 22.7 Å². The molecule has 0 aromatic heterocycles. The number of amides is 1. The van der Waals surface area contributed by atoms with Crippen LogP contribution < -0.4 is 5.32 Å². The van der Waals surface area contributed by atoms with Crippen LogP contribution in [0.15, 0.2) is 42.5 Å². The van der Waals surface area contributed by atoms with Gasteiger partial charge in [0.15, 0.2) is 0 Å². The van der Waals surface area contributed by atoms with E-state index in [-0.39, 0.29) is 12.5 Å². The monoisotopic (exact) mass is 303 g/mol. The van der Waals surface area contributed by atoms with Gasteiger partial charge in [-0.15, -0.1) is 0 Å². The summed E-state index contributed by atoms with van der Waals surface area (Å²) >= 11 is 6.02. The Morgan fingerprint density at radius 1 is 1.24 bits per heavy atom. The predicted octanol–water partition coefficient (Wildman–Crippen LogP) is 3.42. The van der Waals surface area contributed by atoms with Crippen LogP contribution in [0.5, 0.6) is 0 Å². The maximum Gasteiger partial charge on any atom is 0.251 e. The van der Waals surface area contributed by atoms with Gasteiger partial charge in [-0.2, -0.15) is 0 Å². The number of hydrogen-bond acceptors (Lipinski definition) is 2. The summed E-state index contributed by atoms with van der Waals surface area (Å²) < 4.78 is 0. The molecule has 0 aliphatic carbocycles. The van der Waals surface area contributed by atoms with E-state index >= 15 is 0 Å². The first-order valence-electron chi connectivity index (χ1n) is 6.77. The number of rotatable bonds is 4. The van der Waals surface area contributed by atoms with E-state index in [4.69, 9.17) is 11.6 Å². The number of carbonyl (C=O) groups is 1. The highest BCUT2D eigenvalue weighted by molar-refractivity contribution is 6.31. The Morgan fingerprint density at radius 2 is 1.95 bits per heavy atom. The molecule has 21 heavy (non-hydrogen) atoms. The van der Waals surface area contributed by atoms with E-state index < -0.39 is 6.10 Å². The van der Waals surface area contributed by atoms with Gasteiger partial charge in [-0.1, -0.05) is 47.5 Å². The van der Waals surface area contributed by atoms with Crippen molar-refractivity contribution >= 4 is 17.5 Å². The normalized spacial score (nSPS) is 12.0. The molecule has 1 atom stereocenters. The summed E-state index contributed by atoms with van der Waals surface area (Å²) in [6, 6.07) is 12.7. The highest BCUT2D eigenvalue weighted by Gasteiger charge is 2.14. The first-order chi connectivity index (χ1) is 9.99. The van der Waals surface area contributed by atoms with E-state index in [1.807, 2.05) is 26.0 Å². The fourth-order valence-electron chi connectivity index (χ4n) is 2.21. The molecule has 2 aromatic carbocycles. The number of benzene rings is 2. The van der Waals surface area contributed by atoms with Gasteiger partial charge >= 0.3 is 0 Å². The second kappa shape index (κ2) is 6.74. The Kier molecular flexibility index (Phi) is 4.99. The molecule has 2 rings (SSSR count). The molecule has 0 aliphatic heterocycles. The molecule has 0 radical (unpaired) electrons. The van der Waals surface area contributed by atoms with Crippen LogP contribution in [-0.2, 0) is 0 Å². The maximum absolute atomic E-state index is 12.1. The third kappa shape index (κ3) is 3.84. The molecule has 2 N–H and O–H groups in total. The first kappa shape index (κ1) is 15.5. The van der Waals surface area contributed by atoms with Crippen molar-refractivity contribution in [3.63, 3.8) is 0 Å². The fraction of sp³-hybridized carbons (Fsp3) is 0.235. The average molecular weight is 304 g/mol. The third-order valence-electron chi connectivity index (χ3n) is 3.35. The maximum atomic E-state index is 12.1. The van der Waals surface area contributed by atoms with Crippen LogP contribution in [-0.4, -0.2) is 17.6 Å². The summed E-state index contributed by atoms with van der Waals surface area (Å²) in [6.07, 6.45) is -0.826. The van der Waals surface area contributed by atoms with E-state index in [0.29, 0.717) is 16.1 Å². The van der Waals surface area contributed by atoms with Gasteiger partial charge in [0.1, 0.15) is 0 Å². The fourth-order valence-corrected chi connectivity index (χ4v) is 2.47. The average Bonchev–Trinajstić information content (AvgIpc) is 2.45. The highest BCUT2D eigenvalue weighted by atomic mass is 35.5. The lowest BCUT2D eigenvalue weighted by atomic mass is 10.0. The third-order valence-corrected chi connectivity index (χ3v) is 3.69. The minimum absolute atomic E-state index is 0.121. The van der Waals surface area contributed by atoms with E-state index in [2.05, 4.69) is 5.32 Å². The highest BCUT2D eigenvalue weighted by Crippen LogP contribution is 2.22. The molecule has 0 fully saturated rings. The van der Waals surface area contributed by atoms with Crippen molar-refractivity contribution in [1.82, 2.24) is 5.32 Å². The second-order valence-corrected chi connectivity index (χ2v) is 5.47. The van der Waals surface area contributed by atoms with Gasteiger partial charge in [0.25, 0.3) is 5.91 Å². The first-order valence-corrected chi connectivity index (χ1v) is 7.15. The number of aliphatic hydroxyl groups excluding tert-OH is 1. The van der Waals surface area contributed by atoms with Crippen LogP contribution in [0, 0.1) is 13.8 Å². The van der Waals surface area contributed by atoms with Gasteiger partial charge in [0.05, 0.1) is 6.10 Å². The topological polar surface area (TPSA) is 49.3 Å². The lowest BCUT2D eigenvalue weighted by molar-refractivity contribution is 0.0915. The molecule has 2 aromatic rings. The van der Waals surface area contributed by atoms with Crippen LogP contribution in [0.2, 0.25) is 5.02 Å². The molecule has 1 amide bonds. The quantitative estimate of drug-likeness (QED) is 0.909. The van der Waals surface area contributed by atoms with Gasteiger partial charge in [-0.25, -0.2) is 0 Å². The van der Waals surface area contributed by atoms with Crippen molar-refractivity contribution in [3.8, 4) is 0 Å². The number of aliphatic hydroxyl groups is 1. The molecular weight excluding hydrogens is 286 g/mol. The summed E-state index contributed by atoms with van der Waals surface area (Å²) in [5.74, 6) is -0.196. The summed E-state index contributed by atoms with van der Waals surface area (Å²) in [5, 5.41) is 13.3. The second-order valence-electron chi connectivity index (χ2n) is 5.07. The molecule has 110 valence electrons. The molecule has 0 heterocycles. The summed E-state index contributed by atoms with van der Waals surface area (Å²) in [4.78, 5) is 12.1. The van der Waals surface area contributed by atoms with Crippen molar-refractivity contribution < 1.29 is 9.90 Å². The van der Waals surface area contributed by atoms with E-state index in [1.165, 1.54) is 0 Å². The largest absolute Gasteiger partial charge is 0.387 e. The molecule has 0 saturated heterocycles. The minimum atomic E-state index is -0.826. The van der Waals surface area contributed by atoms with E-state index in [9.17, 15) is 9.90 Å². The van der Waals surface area contributed by atoms with E-state index in [0.717, 1.165) is 11.1 Å². The smallest absolute Gasteiger partial charge is 0.251 e. The summed E-state index contributed by atoms with van der Waals surface area (Å²) in [5.41, 5.74) is 3.26. The zero-order chi connectivity index (χ0) is 15.4. The van der Waals surface area contributed by atoms with Gasteiger partial charge in [-0.05, 0) is 31.5 Å². The lowest BCUT2D eigenvalue weighted by Gasteiger charge is -2.14. The van der Waals surface area contributed by atoms with Crippen molar-refractivity contribution in [2.45, 2.75) is 20.0 Å². The van der Waals surface area contributed by atoms with Crippen LogP contribution in [0.4, 0.5) is 0 Å². The Morgan fingerprint density at radius 3 is 2.62 bits per heavy atom. The molecule has 0 aliphatic rings. The van der Waals surface area contributed by atoms with E-state index in [1.54, 1.807) is 30.3 Å². The number of carbonyl (C=O) groups excluding carboxylic acids is 1. The van der Waals surface area contributed by atoms with Crippen molar-refractivity contribution in [2.24, 2.45) is 0 Å². The molecule has 0 saturated carbocycles. The molecule has 1 unspecified atom stereocenters.